The number of fused-ring (bicyclic) bond motifs is 1. The van der Waals surface area contributed by atoms with Crippen LogP contribution in [0, 0.1) is 13.8 Å². The number of rotatable bonds is 6. The molecule has 0 unspecified atom stereocenters. The molecule has 0 radical (unpaired) electrons. The summed E-state index contributed by atoms with van der Waals surface area (Å²) in [6, 6.07) is 10.3. The van der Waals surface area contributed by atoms with Crippen molar-refractivity contribution in [3.63, 3.8) is 0 Å². The molecule has 0 saturated carbocycles. The quantitative estimate of drug-likeness (QED) is 0.324. The Labute approximate surface area is 191 Å². The van der Waals surface area contributed by atoms with E-state index in [1.165, 1.54) is 33.6 Å². The predicted molar refractivity (Wildman–Crippen MR) is 126 cm³/mol. The first-order chi connectivity index (χ1) is 15.4. The molecular formula is C21H20N6O3S2. The summed E-state index contributed by atoms with van der Waals surface area (Å²) in [6.45, 7) is 3.85. The lowest BCUT2D eigenvalue weighted by atomic mass is 10.2. The molecule has 3 aromatic heterocycles. The molecule has 0 aliphatic heterocycles. The van der Waals surface area contributed by atoms with Crippen molar-refractivity contribution in [3.8, 4) is 5.75 Å². The lowest BCUT2D eigenvalue weighted by Gasteiger charge is -2.10. The third-order valence-electron chi connectivity index (χ3n) is 4.43. The van der Waals surface area contributed by atoms with Crippen molar-refractivity contribution in [3.05, 3.63) is 69.8 Å². The number of thioether (sulfide) groups is 1. The fourth-order valence-corrected chi connectivity index (χ4v) is 4.60. The number of ether oxygens (including phenoxy) is 1. The number of nitrogens with one attached hydrogen (secondary N) is 2. The van der Waals surface area contributed by atoms with Gasteiger partial charge in [0, 0.05) is 18.0 Å². The molecule has 9 nitrogen and oxygen atoms in total. The van der Waals surface area contributed by atoms with Gasteiger partial charge in [-0.3, -0.25) is 14.5 Å². The molecule has 0 fully saturated rings. The maximum Gasteiger partial charge on any atom is 0.325 e. The van der Waals surface area contributed by atoms with Crippen LogP contribution in [0.3, 0.4) is 0 Å². The second kappa shape index (κ2) is 9.37. The molecule has 2 amide bonds. The van der Waals surface area contributed by atoms with Gasteiger partial charge in [0.1, 0.15) is 11.4 Å². The van der Waals surface area contributed by atoms with Crippen molar-refractivity contribution < 1.29 is 9.53 Å². The van der Waals surface area contributed by atoms with Crippen molar-refractivity contribution in [1.29, 1.82) is 0 Å². The summed E-state index contributed by atoms with van der Waals surface area (Å²) in [5.74, 6) is 1.02. The van der Waals surface area contributed by atoms with Crippen LogP contribution in [0.2, 0.25) is 0 Å². The van der Waals surface area contributed by atoms with Crippen molar-refractivity contribution in [2.24, 2.45) is 0 Å². The summed E-state index contributed by atoms with van der Waals surface area (Å²) in [5, 5.41) is 13.9. The third kappa shape index (κ3) is 5.06. The van der Waals surface area contributed by atoms with E-state index >= 15 is 0 Å². The topological polar surface area (TPSA) is 111 Å². The maximum absolute atomic E-state index is 12.3. The number of carbonyl (C=O) groups is 1. The summed E-state index contributed by atoms with van der Waals surface area (Å²) in [6.07, 6.45) is 1.77. The van der Waals surface area contributed by atoms with E-state index in [9.17, 15) is 9.59 Å². The van der Waals surface area contributed by atoms with Gasteiger partial charge in [-0.15, -0.1) is 10.2 Å². The zero-order chi connectivity index (χ0) is 22.7. The Morgan fingerprint density at radius 1 is 1.12 bits per heavy atom. The Hall–Kier alpha value is -3.44. The van der Waals surface area contributed by atoms with Crippen molar-refractivity contribution in [2.45, 2.75) is 23.9 Å². The predicted octanol–water partition coefficient (Wildman–Crippen LogP) is 4.11. The van der Waals surface area contributed by atoms with Gasteiger partial charge < -0.3 is 10.1 Å². The summed E-state index contributed by atoms with van der Waals surface area (Å²) in [5.41, 5.74) is 3.67. The highest BCUT2D eigenvalue weighted by molar-refractivity contribution is 8.00. The average molecular weight is 469 g/mol. The van der Waals surface area contributed by atoms with Gasteiger partial charge in [-0.1, -0.05) is 35.2 Å². The summed E-state index contributed by atoms with van der Waals surface area (Å²) >= 11 is 2.64. The minimum atomic E-state index is -0.443. The van der Waals surface area contributed by atoms with Gasteiger partial charge in [-0.2, -0.15) is 0 Å². The number of pyridine rings is 1. The van der Waals surface area contributed by atoms with Crippen LogP contribution in [-0.2, 0) is 5.75 Å². The molecule has 4 rings (SSSR count). The van der Waals surface area contributed by atoms with E-state index in [2.05, 4.69) is 25.8 Å². The standard InChI is InChI=1S/C21H20N6O3S2/c1-12-4-6-16(30-3)15(8-12)23-19(29)24-20-25-26-21(32-20)31-11-14-9-18(28)27-10-13(2)5-7-17(27)22-14/h4-10H,11H2,1-3H3,(H2,23,24,25,29). The molecule has 3 heterocycles. The molecule has 0 bridgehead atoms. The fraction of sp³-hybridized carbons (Fsp3) is 0.190. The van der Waals surface area contributed by atoms with Crippen LogP contribution in [0.5, 0.6) is 5.75 Å². The largest absolute Gasteiger partial charge is 0.495 e. The van der Waals surface area contributed by atoms with Crippen molar-refractivity contribution >= 4 is 45.6 Å². The van der Waals surface area contributed by atoms with E-state index < -0.39 is 6.03 Å². The highest BCUT2D eigenvalue weighted by Gasteiger charge is 2.12. The van der Waals surface area contributed by atoms with Gasteiger partial charge in [0.05, 0.1) is 18.5 Å². The number of hydrogen-bond donors (Lipinski definition) is 2. The zero-order valence-electron chi connectivity index (χ0n) is 17.6. The first-order valence-corrected chi connectivity index (χ1v) is 11.4. The lowest BCUT2D eigenvalue weighted by Crippen LogP contribution is -2.19. The van der Waals surface area contributed by atoms with Crippen LogP contribution in [0.1, 0.15) is 16.8 Å². The molecule has 0 atom stereocenters. The van der Waals surface area contributed by atoms with Crippen LogP contribution in [0.15, 0.2) is 51.7 Å². The molecule has 164 valence electrons. The van der Waals surface area contributed by atoms with Crippen LogP contribution in [0.25, 0.3) is 5.65 Å². The molecular weight excluding hydrogens is 448 g/mol. The van der Waals surface area contributed by atoms with Gasteiger partial charge in [0.2, 0.25) is 5.13 Å². The Morgan fingerprint density at radius 3 is 2.75 bits per heavy atom. The smallest absolute Gasteiger partial charge is 0.325 e. The number of aryl methyl sites for hydroxylation is 2. The number of anilines is 2. The Balaban J connectivity index is 1.39. The molecule has 2 N–H and O–H groups in total. The number of amides is 2. The molecule has 1 aromatic carbocycles. The molecule has 4 aromatic rings. The van der Waals surface area contributed by atoms with Gasteiger partial charge in [0.25, 0.3) is 5.56 Å². The van der Waals surface area contributed by atoms with Crippen LogP contribution >= 0.6 is 23.1 Å². The number of nitrogens with zero attached hydrogens (tertiary/aromatic N) is 4. The summed E-state index contributed by atoms with van der Waals surface area (Å²) in [7, 11) is 1.54. The van der Waals surface area contributed by atoms with Crippen LogP contribution in [-0.4, -0.2) is 32.7 Å². The zero-order valence-corrected chi connectivity index (χ0v) is 19.2. The average Bonchev–Trinajstić information content (AvgIpc) is 3.20. The second-order valence-corrected chi connectivity index (χ2v) is 9.17. The number of carbonyl (C=O) groups excluding carboxylic acids is 1. The van der Waals surface area contributed by atoms with Crippen molar-refractivity contribution in [2.75, 3.05) is 17.7 Å². The van der Waals surface area contributed by atoms with E-state index in [4.69, 9.17) is 4.74 Å². The van der Waals surface area contributed by atoms with Gasteiger partial charge in [0.15, 0.2) is 4.34 Å². The Bertz CT molecular complexity index is 1350. The van der Waals surface area contributed by atoms with Crippen molar-refractivity contribution in [1.82, 2.24) is 19.6 Å². The SMILES string of the molecule is COc1ccc(C)cc1NC(=O)Nc1nnc(SCc2cc(=O)n3cc(C)ccc3n2)s1. The van der Waals surface area contributed by atoms with E-state index in [1.54, 1.807) is 19.4 Å². The van der Waals surface area contributed by atoms with Gasteiger partial charge in [-0.05, 0) is 43.2 Å². The second-order valence-electron chi connectivity index (χ2n) is 6.97. The molecule has 0 spiro atoms. The fourth-order valence-electron chi connectivity index (χ4n) is 2.96. The molecule has 0 saturated heterocycles. The normalized spacial score (nSPS) is 10.8. The van der Waals surface area contributed by atoms with Gasteiger partial charge in [-0.25, -0.2) is 9.78 Å². The first kappa shape index (κ1) is 21.8. The minimum absolute atomic E-state index is 0.128. The third-order valence-corrected chi connectivity index (χ3v) is 6.44. The van der Waals surface area contributed by atoms with E-state index in [-0.39, 0.29) is 5.56 Å². The molecule has 0 aliphatic carbocycles. The Kier molecular flexibility index (Phi) is 6.37. The number of aromatic nitrogens is 4. The lowest BCUT2D eigenvalue weighted by molar-refractivity contribution is 0.262. The van der Waals surface area contributed by atoms with E-state index in [0.29, 0.717) is 38.0 Å². The highest BCUT2D eigenvalue weighted by atomic mass is 32.2. The molecule has 11 heteroatoms. The number of urea groups is 1. The van der Waals surface area contributed by atoms with E-state index in [1.807, 2.05) is 38.1 Å². The Morgan fingerprint density at radius 2 is 1.94 bits per heavy atom. The highest BCUT2D eigenvalue weighted by Crippen LogP contribution is 2.29. The number of hydrogen-bond acceptors (Lipinski definition) is 8. The first-order valence-electron chi connectivity index (χ1n) is 9.59. The monoisotopic (exact) mass is 468 g/mol. The van der Waals surface area contributed by atoms with E-state index in [0.717, 1.165) is 11.1 Å². The number of methoxy groups -OCH3 is 1. The maximum atomic E-state index is 12.3. The van der Waals surface area contributed by atoms with Gasteiger partial charge >= 0.3 is 6.03 Å². The van der Waals surface area contributed by atoms with Crippen LogP contribution < -0.4 is 20.9 Å². The minimum Gasteiger partial charge on any atom is -0.495 e. The molecule has 32 heavy (non-hydrogen) atoms. The molecule has 0 aliphatic rings. The summed E-state index contributed by atoms with van der Waals surface area (Å²) in [4.78, 5) is 29.2. The summed E-state index contributed by atoms with van der Waals surface area (Å²) < 4.78 is 7.45. The number of benzene rings is 1. The van der Waals surface area contributed by atoms with Crippen LogP contribution in [0.4, 0.5) is 15.6 Å².